The number of esters is 1. The van der Waals surface area contributed by atoms with Crippen molar-refractivity contribution in [3.8, 4) is 0 Å². The lowest BCUT2D eigenvalue weighted by Crippen LogP contribution is -2.04. The minimum Gasteiger partial charge on any atom is -0.457 e. The number of rotatable bonds is 3. The molecule has 0 bridgehead atoms. The highest BCUT2D eigenvalue weighted by Gasteiger charge is 2.11. The van der Waals surface area contributed by atoms with Gasteiger partial charge < -0.3 is 9.15 Å². The number of ether oxygens (including phenoxy) is 1. The van der Waals surface area contributed by atoms with Crippen LogP contribution in [0.3, 0.4) is 0 Å². The van der Waals surface area contributed by atoms with Gasteiger partial charge in [0.2, 0.25) is 5.76 Å². The Morgan fingerprint density at radius 3 is 2.75 bits per heavy atom. The molecule has 0 atom stereocenters. The van der Waals surface area contributed by atoms with E-state index in [2.05, 4.69) is 0 Å². The van der Waals surface area contributed by atoms with Crippen molar-refractivity contribution >= 4 is 5.97 Å². The predicted octanol–water partition coefficient (Wildman–Crippen LogP) is 2.78. The maximum absolute atomic E-state index is 13.2. The highest BCUT2D eigenvalue weighted by molar-refractivity contribution is 5.86. The van der Waals surface area contributed by atoms with Crippen molar-refractivity contribution in [3.63, 3.8) is 0 Å². The zero-order valence-electron chi connectivity index (χ0n) is 8.35. The second-order valence-corrected chi connectivity index (χ2v) is 3.14. The summed E-state index contributed by atoms with van der Waals surface area (Å²) in [4.78, 5) is 11.4. The van der Waals surface area contributed by atoms with Crippen molar-refractivity contribution in [2.24, 2.45) is 0 Å². The van der Waals surface area contributed by atoms with Gasteiger partial charge in [0.1, 0.15) is 12.4 Å². The smallest absolute Gasteiger partial charge is 0.374 e. The monoisotopic (exact) mass is 220 g/mol. The summed E-state index contributed by atoms with van der Waals surface area (Å²) in [6.07, 6.45) is 1.37. The molecule has 0 unspecified atom stereocenters. The van der Waals surface area contributed by atoms with Gasteiger partial charge in [0.15, 0.2) is 0 Å². The largest absolute Gasteiger partial charge is 0.457 e. The molecule has 0 amide bonds. The van der Waals surface area contributed by atoms with Gasteiger partial charge in [-0.2, -0.15) is 0 Å². The fraction of sp³-hybridized carbons (Fsp3) is 0.0833. The molecule has 1 heterocycles. The Bertz CT molecular complexity index is 477. The molecule has 4 heteroatoms. The maximum Gasteiger partial charge on any atom is 0.374 e. The molecule has 0 saturated carbocycles. The highest BCUT2D eigenvalue weighted by Crippen LogP contribution is 2.10. The van der Waals surface area contributed by atoms with Crippen LogP contribution < -0.4 is 0 Å². The fourth-order valence-electron chi connectivity index (χ4n) is 1.22. The highest BCUT2D eigenvalue weighted by atomic mass is 19.1. The maximum atomic E-state index is 13.2. The molecule has 2 aromatic rings. The topological polar surface area (TPSA) is 39.4 Å². The van der Waals surface area contributed by atoms with Crippen LogP contribution in [-0.2, 0) is 11.3 Å². The Morgan fingerprint density at radius 1 is 1.25 bits per heavy atom. The predicted molar refractivity (Wildman–Crippen MR) is 54.2 cm³/mol. The third-order valence-corrected chi connectivity index (χ3v) is 2.04. The molecule has 82 valence electrons. The second-order valence-electron chi connectivity index (χ2n) is 3.14. The van der Waals surface area contributed by atoms with Gasteiger partial charge in [-0.15, -0.1) is 0 Å². The summed E-state index contributed by atoms with van der Waals surface area (Å²) < 4.78 is 22.9. The van der Waals surface area contributed by atoms with E-state index in [0.29, 0.717) is 5.56 Å². The van der Waals surface area contributed by atoms with E-state index in [1.165, 1.54) is 18.4 Å². The van der Waals surface area contributed by atoms with Gasteiger partial charge in [-0.1, -0.05) is 18.2 Å². The quantitative estimate of drug-likeness (QED) is 0.746. The summed E-state index contributed by atoms with van der Waals surface area (Å²) in [5.41, 5.74) is 0.336. The van der Waals surface area contributed by atoms with Crippen molar-refractivity contribution in [3.05, 3.63) is 59.8 Å². The van der Waals surface area contributed by atoms with Gasteiger partial charge in [-0.3, -0.25) is 0 Å². The van der Waals surface area contributed by atoms with Crippen molar-refractivity contribution in [2.45, 2.75) is 6.61 Å². The van der Waals surface area contributed by atoms with Gasteiger partial charge >= 0.3 is 5.97 Å². The number of halogens is 1. The Balaban J connectivity index is 1.98. The summed E-state index contributed by atoms with van der Waals surface area (Å²) in [6.45, 7) is -0.105. The summed E-state index contributed by atoms with van der Waals surface area (Å²) >= 11 is 0. The standard InChI is InChI=1S/C12H9FO3/c13-10-5-2-1-4-9(10)8-16-12(14)11-6-3-7-15-11/h1-7H,8H2. The van der Waals surface area contributed by atoms with E-state index in [9.17, 15) is 9.18 Å². The number of hydrogen-bond donors (Lipinski definition) is 0. The molecular weight excluding hydrogens is 211 g/mol. The molecule has 16 heavy (non-hydrogen) atoms. The van der Waals surface area contributed by atoms with E-state index in [1.54, 1.807) is 24.3 Å². The lowest BCUT2D eigenvalue weighted by atomic mass is 10.2. The number of benzene rings is 1. The first-order valence-electron chi connectivity index (χ1n) is 4.71. The van der Waals surface area contributed by atoms with E-state index in [0.717, 1.165) is 0 Å². The van der Waals surface area contributed by atoms with Gasteiger partial charge in [0.05, 0.1) is 6.26 Å². The molecule has 0 aliphatic rings. The van der Waals surface area contributed by atoms with Crippen LogP contribution in [0.5, 0.6) is 0 Å². The van der Waals surface area contributed by atoms with E-state index in [1.807, 2.05) is 0 Å². The van der Waals surface area contributed by atoms with Crippen molar-refractivity contribution in [1.82, 2.24) is 0 Å². The van der Waals surface area contributed by atoms with Crippen LogP contribution in [0.25, 0.3) is 0 Å². The second kappa shape index (κ2) is 4.61. The molecular formula is C12H9FO3. The molecule has 0 aliphatic heterocycles. The molecule has 0 aliphatic carbocycles. The Kier molecular flexibility index (Phi) is 3.00. The van der Waals surface area contributed by atoms with Crippen LogP contribution in [0.4, 0.5) is 4.39 Å². The Hall–Kier alpha value is -2.10. The fourth-order valence-corrected chi connectivity index (χ4v) is 1.22. The summed E-state index contributed by atoms with van der Waals surface area (Å²) in [5, 5.41) is 0. The number of furan rings is 1. The lowest BCUT2D eigenvalue weighted by molar-refractivity contribution is 0.0432. The summed E-state index contributed by atoms with van der Waals surface area (Å²) in [7, 11) is 0. The van der Waals surface area contributed by atoms with Gasteiger partial charge in [-0.25, -0.2) is 9.18 Å². The molecule has 1 aromatic carbocycles. The molecule has 0 spiro atoms. The van der Waals surface area contributed by atoms with E-state index in [4.69, 9.17) is 9.15 Å². The molecule has 0 fully saturated rings. The number of carbonyl (C=O) groups excluding carboxylic acids is 1. The van der Waals surface area contributed by atoms with Gasteiger partial charge in [-0.05, 0) is 18.2 Å². The molecule has 0 N–H and O–H groups in total. The SMILES string of the molecule is O=C(OCc1ccccc1F)c1ccco1. The van der Waals surface area contributed by atoms with Crippen molar-refractivity contribution in [1.29, 1.82) is 0 Å². The van der Waals surface area contributed by atoms with Crippen LogP contribution in [0.1, 0.15) is 16.1 Å². The normalized spacial score (nSPS) is 10.1. The first-order chi connectivity index (χ1) is 7.77. The zero-order valence-corrected chi connectivity index (χ0v) is 8.35. The van der Waals surface area contributed by atoms with Gasteiger partial charge in [0.25, 0.3) is 0 Å². The summed E-state index contributed by atoms with van der Waals surface area (Å²) in [6, 6.07) is 9.20. The van der Waals surface area contributed by atoms with Crippen molar-refractivity contribution in [2.75, 3.05) is 0 Å². The lowest BCUT2D eigenvalue weighted by Gasteiger charge is -2.03. The van der Waals surface area contributed by atoms with Crippen LogP contribution >= 0.6 is 0 Å². The molecule has 2 rings (SSSR count). The third kappa shape index (κ3) is 2.28. The molecule has 0 radical (unpaired) electrons. The molecule has 3 nitrogen and oxygen atoms in total. The molecule has 0 saturated heterocycles. The third-order valence-electron chi connectivity index (χ3n) is 2.04. The van der Waals surface area contributed by atoms with E-state index in [-0.39, 0.29) is 12.4 Å². The Morgan fingerprint density at radius 2 is 2.06 bits per heavy atom. The van der Waals surface area contributed by atoms with Crippen LogP contribution in [-0.4, -0.2) is 5.97 Å². The minimum atomic E-state index is -0.603. The zero-order chi connectivity index (χ0) is 11.4. The first kappa shape index (κ1) is 10.4. The number of carbonyl (C=O) groups is 1. The molecule has 1 aromatic heterocycles. The Labute approximate surface area is 91.5 Å². The average Bonchev–Trinajstić information content (AvgIpc) is 2.81. The summed E-state index contributed by atoms with van der Waals surface area (Å²) in [5.74, 6) is -0.890. The number of hydrogen-bond acceptors (Lipinski definition) is 3. The van der Waals surface area contributed by atoms with E-state index < -0.39 is 11.8 Å². The average molecular weight is 220 g/mol. The van der Waals surface area contributed by atoms with Crippen LogP contribution in [0, 0.1) is 5.82 Å². The minimum absolute atomic E-state index is 0.105. The first-order valence-corrected chi connectivity index (χ1v) is 4.71. The van der Waals surface area contributed by atoms with Gasteiger partial charge in [0, 0.05) is 5.56 Å². The van der Waals surface area contributed by atoms with Crippen molar-refractivity contribution < 1.29 is 18.3 Å². The van der Waals surface area contributed by atoms with E-state index >= 15 is 0 Å². The van der Waals surface area contributed by atoms with Crippen LogP contribution in [0.15, 0.2) is 47.1 Å². The van der Waals surface area contributed by atoms with Crippen LogP contribution in [0.2, 0.25) is 0 Å².